The van der Waals surface area contributed by atoms with Crippen molar-refractivity contribution in [1.82, 2.24) is 9.55 Å². The second kappa shape index (κ2) is 3.59. The number of aromatic nitrogens is 2. The van der Waals surface area contributed by atoms with Gasteiger partial charge in [0.2, 0.25) is 5.91 Å². The van der Waals surface area contributed by atoms with Crippen LogP contribution in [0.15, 0.2) is 23.0 Å². The number of aromatic amines is 1. The summed E-state index contributed by atoms with van der Waals surface area (Å²) in [6, 6.07) is 5.06. The van der Waals surface area contributed by atoms with Crippen molar-refractivity contribution in [2.75, 3.05) is 0 Å². The van der Waals surface area contributed by atoms with Gasteiger partial charge in [-0.1, -0.05) is 5.92 Å². The van der Waals surface area contributed by atoms with E-state index in [1.54, 1.807) is 18.2 Å². The van der Waals surface area contributed by atoms with Gasteiger partial charge in [-0.15, -0.1) is 6.42 Å². The summed E-state index contributed by atoms with van der Waals surface area (Å²) in [4.78, 5) is 24.9. The largest absolute Gasteiger partial charge is 0.368 e. The highest BCUT2D eigenvalue weighted by Gasteiger charge is 2.08. The van der Waals surface area contributed by atoms with Crippen molar-refractivity contribution in [1.29, 1.82) is 0 Å². The quantitative estimate of drug-likeness (QED) is 0.680. The first-order chi connectivity index (χ1) is 7.61. The average molecular weight is 215 g/mol. The molecule has 0 unspecified atom stereocenters. The Balaban J connectivity index is 2.68. The molecule has 5 nitrogen and oxygen atoms in total. The first-order valence-corrected chi connectivity index (χ1v) is 4.59. The zero-order valence-corrected chi connectivity index (χ0v) is 8.36. The number of rotatable bonds is 2. The number of H-pyrrole nitrogens is 1. The molecule has 80 valence electrons. The number of benzene rings is 1. The predicted molar refractivity (Wildman–Crippen MR) is 59.7 cm³/mol. The standard InChI is InChI=1S/C11H9N3O2/c1-2-7-3-4-9-8(5-7)13-11(16)14(9)6-10(12)15/h1,3-5H,6H2,(H2,12,15)(H,13,16). The van der Waals surface area contributed by atoms with Crippen LogP contribution >= 0.6 is 0 Å². The molecule has 0 saturated carbocycles. The van der Waals surface area contributed by atoms with E-state index in [1.807, 2.05) is 0 Å². The number of hydrogen-bond donors (Lipinski definition) is 2. The van der Waals surface area contributed by atoms with Gasteiger partial charge in [0.25, 0.3) is 0 Å². The number of fused-ring (bicyclic) bond motifs is 1. The molecule has 0 aliphatic carbocycles. The fraction of sp³-hybridized carbons (Fsp3) is 0.0909. The van der Waals surface area contributed by atoms with Crippen molar-refractivity contribution in [3.63, 3.8) is 0 Å². The highest BCUT2D eigenvalue weighted by molar-refractivity contribution is 5.80. The van der Waals surface area contributed by atoms with Crippen LogP contribution in [0.2, 0.25) is 0 Å². The summed E-state index contributed by atoms with van der Waals surface area (Å²) in [7, 11) is 0. The molecule has 1 amide bonds. The third kappa shape index (κ3) is 1.57. The van der Waals surface area contributed by atoms with Crippen LogP contribution in [0.5, 0.6) is 0 Å². The molecule has 1 aromatic carbocycles. The lowest BCUT2D eigenvalue weighted by Crippen LogP contribution is -2.26. The molecule has 2 rings (SSSR count). The lowest BCUT2D eigenvalue weighted by molar-refractivity contribution is -0.118. The fourth-order valence-corrected chi connectivity index (χ4v) is 1.57. The zero-order valence-electron chi connectivity index (χ0n) is 8.36. The van der Waals surface area contributed by atoms with Crippen molar-refractivity contribution < 1.29 is 4.79 Å². The normalized spacial score (nSPS) is 10.2. The van der Waals surface area contributed by atoms with Crippen LogP contribution < -0.4 is 11.4 Å². The summed E-state index contributed by atoms with van der Waals surface area (Å²) < 4.78 is 1.28. The topological polar surface area (TPSA) is 80.9 Å². The van der Waals surface area contributed by atoms with E-state index in [2.05, 4.69) is 10.9 Å². The van der Waals surface area contributed by atoms with E-state index in [9.17, 15) is 9.59 Å². The number of amides is 1. The molecule has 0 radical (unpaired) electrons. The summed E-state index contributed by atoms with van der Waals surface area (Å²) in [5, 5.41) is 0. The minimum Gasteiger partial charge on any atom is -0.368 e. The average Bonchev–Trinajstić information content (AvgIpc) is 2.54. The lowest BCUT2D eigenvalue weighted by atomic mass is 10.2. The van der Waals surface area contributed by atoms with Crippen molar-refractivity contribution in [3.05, 3.63) is 34.2 Å². The van der Waals surface area contributed by atoms with E-state index in [0.29, 0.717) is 16.6 Å². The van der Waals surface area contributed by atoms with Gasteiger partial charge in [0.15, 0.2) is 0 Å². The van der Waals surface area contributed by atoms with E-state index in [0.717, 1.165) is 0 Å². The molecule has 0 aliphatic heterocycles. The van der Waals surface area contributed by atoms with Gasteiger partial charge >= 0.3 is 5.69 Å². The number of nitrogens with zero attached hydrogens (tertiary/aromatic N) is 1. The summed E-state index contributed by atoms with van der Waals surface area (Å²) in [6.45, 7) is -0.145. The Bertz CT molecular complexity index is 658. The molecule has 0 spiro atoms. The van der Waals surface area contributed by atoms with Gasteiger partial charge in [0.05, 0.1) is 11.0 Å². The molecule has 0 aliphatic rings. The van der Waals surface area contributed by atoms with Gasteiger partial charge in [-0.3, -0.25) is 9.36 Å². The van der Waals surface area contributed by atoms with Crippen LogP contribution in [0.25, 0.3) is 11.0 Å². The van der Waals surface area contributed by atoms with Crippen LogP contribution in [0.4, 0.5) is 0 Å². The maximum Gasteiger partial charge on any atom is 0.326 e. The van der Waals surface area contributed by atoms with Gasteiger partial charge in [-0.2, -0.15) is 0 Å². The van der Waals surface area contributed by atoms with Crippen LogP contribution in [-0.2, 0) is 11.3 Å². The number of terminal acetylenes is 1. The second-order valence-corrected chi connectivity index (χ2v) is 3.36. The highest BCUT2D eigenvalue weighted by atomic mass is 16.2. The minimum atomic E-state index is -0.566. The number of nitrogens with one attached hydrogen (secondary N) is 1. The fourth-order valence-electron chi connectivity index (χ4n) is 1.57. The Hall–Kier alpha value is -2.48. The number of nitrogens with two attached hydrogens (primary N) is 1. The Morgan fingerprint density at radius 3 is 2.94 bits per heavy atom. The smallest absolute Gasteiger partial charge is 0.326 e. The lowest BCUT2D eigenvalue weighted by Gasteiger charge is -1.99. The van der Waals surface area contributed by atoms with E-state index >= 15 is 0 Å². The van der Waals surface area contributed by atoms with Gasteiger partial charge in [0, 0.05) is 5.56 Å². The monoisotopic (exact) mass is 215 g/mol. The van der Waals surface area contributed by atoms with Crippen molar-refractivity contribution >= 4 is 16.9 Å². The van der Waals surface area contributed by atoms with Gasteiger partial charge in [-0.05, 0) is 18.2 Å². The molecule has 2 aromatic rings. The van der Waals surface area contributed by atoms with Crippen molar-refractivity contribution in [2.24, 2.45) is 5.73 Å². The first kappa shape index (κ1) is 10.1. The Morgan fingerprint density at radius 2 is 2.31 bits per heavy atom. The summed E-state index contributed by atoms with van der Waals surface area (Å²) >= 11 is 0. The summed E-state index contributed by atoms with van der Waals surface area (Å²) in [5.41, 5.74) is 6.56. The molecular weight excluding hydrogens is 206 g/mol. The Labute approximate surface area is 90.9 Å². The van der Waals surface area contributed by atoms with Crippen molar-refractivity contribution in [3.8, 4) is 12.3 Å². The van der Waals surface area contributed by atoms with Crippen LogP contribution in [0.1, 0.15) is 5.56 Å². The third-order valence-electron chi connectivity index (χ3n) is 2.25. The molecule has 16 heavy (non-hydrogen) atoms. The van der Waals surface area contributed by atoms with Gasteiger partial charge < -0.3 is 10.7 Å². The third-order valence-corrected chi connectivity index (χ3v) is 2.25. The molecule has 5 heteroatoms. The second-order valence-electron chi connectivity index (χ2n) is 3.36. The molecule has 0 bridgehead atoms. The number of carbonyl (C=O) groups excluding carboxylic acids is 1. The maximum atomic E-state index is 11.5. The number of hydrogen-bond acceptors (Lipinski definition) is 2. The molecule has 1 aromatic heterocycles. The highest BCUT2D eigenvalue weighted by Crippen LogP contribution is 2.11. The molecule has 0 fully saturated rings. The van der Waals surface area contributed by atoms with Crippen molar-refractivity contribution in [2.45, 2.75) is 6.54 Å². The summed E-state index contributed by atoms with van der Waals surface area (Å²) in [5.74, 6) is 1.90. The predicted octanol–water partition coefficient (Wildman–Crippen LogP) is -0.204. The van der Waals surface area contributed by atoms with Crippen LogP contribution in [-0.4, -0.2) is 15.5 Å². The van der Waals surface area contributed by atoms with E-state index in [1.165, 1.54) is 4.57 Å². The van der Waals surface area contributed by atoms with Gasteiger partial charge in [-0.25, -0.2) is 4.79 Å². The number of imidazole rings is 1. The molecule has 1 heterocycles. The van der Waals surface area contributed by atoms with E-state index in [4.69, 9.17) is 12.2 Å². The first-order valence-electron chi connectivity index (χ1n) is 4.59. The molecule has 0 atom stereocenters. The SMILES string of the molecule is C#Cc1ccc2c(c1)[nH]c(=O)n2CC(N)=O. The molecular formula is C11H9N3O2. The molecule has 0 saturated heterocycles. The Kier molecular flexibility index (Phi) is 2.25. The summed E-state index contributed by atoms with van der Waals surface area (Å²) in [6.07, 6.45) is 5.24. The molecule has 3 N–H and O–H groups in total. The van der Waals surface area contributed by atoms with Crippen LogP contribution in [0, 0.1) is 12.3 Å². The number of primary amides is 1. The zero-order chi connectivity index (χ0) is 11.7. The van der Waals surface area contributed by atoms with Crippen LogP contribution in [0.3, 0.4) is 0 Å². The van der Waals surface area contributed by atoms with E-state index in [-0.39, 0.29) is 12.2 Å². The number of carbonyl (C=O) groups is 1. The van der Waals surface area contributed by atoms with Gasteiger partial charge in [0.1, 0.15) is 6.54 Å². The minimum absolute atomic E-state index is 0.145. The maximum absolute atomic E-state index is 11.5. The van der Waals surface area contributed by atoms with E-state index < -0.39 is 5.91 Å². The Morgan fingerprint density at radius 1 is 1.56 bits per heavy atom.